The molecular formula is C29H29N3O7. The fraction of sp³-hybridized carbons (Fsp3) is 0.276. The predicted molar refractivity (Wildman–Crippen MR) is 140 cm³/mol. The van der Waals surface area contributed by atoms with E-state index in [1.807, 2.05) is 60.7 Å². The van der Waals surface area contributed by atoms with Gasteiger partial charge in [-0.25, -0.2) is 14.6 Å². The van der Waals surface area contributed by atoms with Gasteiger partial charge in [0, 0.05) is 0 Å². The van der Waals surface area contributed by atoms with Crippen molar-refractivity contribution in [3.8, 4) is 0 Å². The van der Waals surface area contributed by atoms with Gasteiger partial charge in [0.15, 0.2) is 0 Å². The summed E-state index contributed by atoms with van der Waals surface area (Å²) in [6, 6.07) is 22.0. The highest BCUT2D eigenvalue weighted by atomic mass is 16.5. The largest absolute Gasteiger partial charge is 0.459 e. The normalized spacial score (nSPS) is 19.5. The molecule has 1 aliphatic rings. The first-order valence-electron chi connectivity index (χ1n) is 12.5. The van der Waals surface area contributed by atoms with Crippen LogP contribution in [0.1, 0.15) is 32.1 Å². The molecule has 2 bridgehead atoms. The van der Waals surface area contributed by atoms with Crippen molar-refractivity contribution in [3.63, 3.8) is 0 Å². The van der Waals surface area contributed by atoms with Gasteiger partial charge in [-0.2, -0.15) is 0 Å². The first-order chi connectivity index (χ1) is 19.0. The molecule has 4 rings (SSSR count). The first kappa shape index (κ1) is 27.5. The second kappa shape index (κ2) is 13.8. The number of cyclic esters (lactones) is 2. The molecule has 0 saturated heterocycles. The predicted octanol–water partition coefficient (Wildman–Crippen LogP) is 1.88. The highest BCUT2D eigenvalue weighted by Gasteiger charge is 2.21. The molecule has 0 aliphatic carbocycles. The molecule has 10 heteroatoms. The van der Waals surface area contributed by atoms with Gasteiger partial charge in [-0.1, -0.05) is 66.7 Å². The minimum Gasteiger partial charge on any atom is -0.459 e. The standard InChI is InChI=1S/C29H29N3O7/c33-26-18-37-19-27(34)31-23(15-21-10-5-2-6-11-21)17-39-29(36)25-13-7-12-24(32-25)28(35)38-16-22(30-26)14-20-8-3-1-4-9-20/h1-13,22-23H,14-19H2,(H,30,33)(H,31,34)/t22-,23-/m0/s1. The molecule has 0 fully saturated rings. The third-order valence-corrected chi connectivity index (χ3v) is 5.84. The number of benzene rings is 2. The van der Waals surface area contributed by atoms with E-state index in [9.17, 15) is 19.2 Å². The van der Waals surface area contributed by atoms with Crippen LogP contribution in [0.15, 0.2) is 78.9 Å². The number of nitrogens with zero attached hydrogens (tertiary/aromatic N) is 1. The molecule has 0 radical (unpaired) electrons. The van der Waals surface area contributed by atoms with Crippen molar-refractivity contribution in [1.29, 1.82) is 0 Å². The number of nitrogens with one attached hydrogen (secondary N) is 2. The highest BCUT2D eigenvalue weighted by Crippen LogP contribution is 2.09. The second-order valence-corrected chi connectivity index (χ2v) is 9.01. The Kier molecular flexibility index (Phi) is 9.74. The summed E-state index contributed by atoms with van der Waals surface area (Å²) < 4.78 is 16.2. The first-order valence-corrected chi connectivity index (χ1v) is 12.5. The summed E-state index contributed by atoms with van der Waals surface area (Å²) in [5, 5.41) is 5.59. The minimum atomic E-state index is -0.747. The van der Waals surface area contributed by atoms with Crippen LogP contribution in [0.4, 0.5) is 0 Å². The summed E-state index contributed by atoms with van der Waals surface area (Å²) in [5.41, 5.74) is 1.70. The molecule has 1 aliphatic heterocycles. The molecule has 39 heavy (non-hydrogen) atoms. The molecule has 2 heterocycles. The van der Waals surface area contributed by atoms with Gasteiger partial charge in [0.2, 0.25) is 11.8 Å². The zero-order chi connectivity index (χ0) is 27.5. The van der Waals surface area contributed by atoms with Gasteiger partial charge in [-0.05, 0) is 36.1 Å². The van der Waals surface area contributed by atoms with Crippen LogP contribution in [0.5, 0.6) is 0 Å². The maximum Gasteiger partial charge on any atom is 0.357 e. The van der Waals surface area contributed by atoms with Crippen LogP contribution in [0.3, 0.4) is 0 Å². The van der Waals surface area contributed by atoms with E-state index in [0.29, 0.717) is 12.8 Å². The Morgan fingerprint density at radius 2 is 1.05 bits per heavy atom. The lowest BCUT2D eigenvalue weighted by Gasteiger charge is -2.20. The quantitative estimate of drug-likeness (QED) is 0.488. The SMILES string of the molecule is O=C1COCC(=O)N[C@@H](Cc2ccccc2)COC(=O)c2cccc(n2)C(=O)OC[C@H](Cc2ccccc2)N1. The molecule has 2 aromatic carbocycles. The lowest BCUT2D eigenvalue weighted by atomic mass is 10.1. The number of hydrogen-bond acceptors (Lipinski definition) is 8. The van der Waals surface area contributed by atoms with Crippen LogP contribution in [-0.4, -0.2) is 67.2 Å². The third kappa shape index (κ3) is 8.75. The number of ether oxygens (including phenoxy) is 3. The van der Waals surface area contributed by atoms with Crippen LogP contribution in [0.25, 0.3) is 0 Å². The fourth-order valence-corrected chi connectivity index (χ4v) is 4.04. The number of esters is 2. The number of rotatable bonds is 4. The Balaban J connectivity index is 1.52. The van der Waals surface area contributed by atoms with Crippen molar-refractivity contribution in [2.24, 2.45) is 0 Å². The number of hydrogen-bond donors (Lipinski definition) is 2. The molecule has 3 aromatic rings. The molecule has 1 aromatic heterocycles. The summed E-state index contributed by atoms with van der Waals surface area (Å²) in [6.45, 7) is -1.02. The van der Waals surface area contributed by atoms with Gasteiger partial charge in [0.1, 0.15) is 37.8 Å². The Labute approximate surface area is 225 Å². The van der Waals surface area contributed by atoms with Gasteiger partial charge in [0.05, 0.1) is 12.1 Å². The highest BCUT2D eigenvalue weighted by molar-refractivity contribution is 5.91. The van der Waals surface area contributed by atoms with Crippen molar-refractivity contribution < 1.29 is 33.4 Å². The average molecular weight is 532 g/mol. The molecule has 0 saturated carbocycles. The second-order valence-electron chi connectivity index (χ2n) is 9.01. The number of pyridine rings is 1. The van der Waals surface area contributed by atoms with Crippen molar-refractivity contribution in [3.05, 3.63) is 101 Å². The van der Waals surface area contributed by atoms with Crippen LogP contribution in [0.2, 0.25) is 0 Å². The van der Waals surface area contributed by atoms with E-state index in [1.165, 1.54) is 18.2 Å². The number of aromatic nitrogens is 1. The zero-order valence-electron chi connectivity index (χ0n) is 21.2. The van der Waals surface area contributed by atoms with Gasteiger partial charge in [-0.3, -0.25) is 9.59 Å². The molecule has 202 valence electrons. The van der Waals surface area contributed by atoms with Crippen molar-refractivity contribution >= 4 is 23.8 Å². The van der Waals surface area contributed by atoms with E-state index < -0.39 is 35.8 Å². The minimum absolute atomic E-state index is 0.0761. The molecule has 2 amide bonds. The maximum atomic E-state index is 12.7. The Hall–Kier alpha value is -4.57. The van der Waals surface area contributed by atoms with Crippen LogP contribution >= 0.6 is 0 Å². The van der Waals surface area contributed by atoms with E-state index in [4.69, 9.17) is 14.2 Å². The van der Waals surface area contributed by atoms with E-state index in [1.54, 1.807) is 0 Å². The summed E-state index contributed by atoms with van der Waals surface area (Å²) in [5.74, 6) is -2.42. The average Bonchev–Trinajstić information content (AvgIpc) is 2.95. The zero-order valence-corrected chi connectivity index (χ0v) is 21.2. The van der Waals surface area contributed by atoms with E-state index in [0.717, 1.165) is 11.1 Å². The van der Waals surface area contributed by atoms with Gasteiger partial charge < -0.3 is 24.8 Å². The van der Waals surface area contributed by atoms with Crippen molar-refractivity contribution in [2.75, 3.05) is 26.4 Å². The molecule has 10 nitrogen and oxygen atoms in total. The van der Waals surface area contributed by atoms with Gasteiger partial charge >= 0.3 is 11.9 Å². The maximum absolute atomic E-state index is 12.7. The lowest BCUT2D eigenvalue weighted by molar-refractivity contribution is -0.132. The number of carbonyl (C=O) groups excluding carboxylic acids is 4. The number of amides is 2. The summed E-state index contributed by atoms with van der Waals surface area (Å²) in [4.78, 5) is 54.7. The lowest BCUT2D eigenvalue weighted by Crippen LogP contribution is -2.44. The van der Waals surface area contributed by atoms with Crippen LogP contribution in [0, 0.1) is 0 Å². The summed E-state index contributed by atoms with van der Waals surface area (Å²) in [7, 11) is 0. The number of carbonyl (C=O) groups is 4. The van der Waals surface area contributed by atoms with E-state index >= 15 is 0 Å². The van der Waals surface area contributed by atoms with Crippen molar-refractivity contribution in [2.45, 2.75) is 24.9 Å². The van der Waals surface area contributed by atoms with Crippen LogP contribution in [-0.2, 0) is 36.6 Å². The van der Waals surface area contributed by atoms with Crippen molar-refractivity contribution in [1.82, 2.24) is 15.6 Å². The summed E-state index contributed by atoms with van der Waals surface area (Å²) in [6.07, 6.45) is 0.780. The Morgan fingerprint density at radius 3 is 1.49 bits per heavy atom. The number of fused-ring (bicyclic) bond motifs is 2. The smallest absolute Gasteiger partial charge is 0.357 e. The van der Waals surface area contributed by atoms with E-state index in [-0.39, 0.29) is 37.8 Å². The molecule has 2 atom stereocenters. The topological polar surface area (TPSA) is 133 Å². The monoisotopic (exact) mass is 531 g/mol. The van der Waals surface area contributed by atoms with Gasteiger partial charge in [-0.15, -0.1) is 0 Å². The molecule has 0 unspecified atom stereocenters. The van der Waals surface area contributed by atoms with Gasteiger partial charge in [0.25, 0.3) is 0 Å². The van der Waals surface area contributed by atoms with Crippen LogP contribution < -0.4 is 10.6 Å². The fourth-order valence-electron chi connectivity index (χ4n) is 4.04. The molecule has 2 N–H and O–H groups in total. The van der Waals surface area contributed by atoms with E-state index in [2.05, 4.69) is 15.6 Å². The molecular weight excluding hydrogens is 502 g/mol. The summed E-state index contributed by atoms with van der Waals surface area (Å²) >= 11 is 0. The third-order valence-electron chi connectivity index (χ3n) is 5.84. The molecule has 0 spiro atoms. The Bertz CT molecular complexity index is 1190. The Morgan fingerprint density at radius 1 is 0.615 bits per heavy atom.